The molecule has 9 heteroatoms. The Kier molecular flexibility index (Phi) is 6.10. The second-order valence-electron chi connectivity index (χ2n) is 11.8. The van der Waals surface area contributed by atoms with E-state index in [1.807, 2.05) is 0 Å². The summed E-state index contributed by atoms with van der Waals surface area (Å²) in [5.74, 6) is 0. The summed E-state index contributed by atoms with van der Waals surface area (Å²) in [5.41, 5.74) is 3.99. The van der Waals surface area contributed by atoms with Crippen LogP contribution in [0.5, 0.6) is 0 Å². The van der Waals surface area contributed by atoms with Gasteiger partial charge in [-0.2, -0.15) is 0 Å². The van der Waals surface area contributed by atoms with E-state index in [2.05, 4.69) is 58.3 Å². The summed E-state index contributed by atoms with van der Waals surface area (Å²) in [4.78, 5) is 4.74. The maximum Gasteiger partial charge on any atom is 0.140 e. The molecule has 8 rings (SSSR count). The highest BCUT2D eigenvalue weighted by Gasteiger charge is 2.50. The van der Waals surface area contributed by atoms with Gasteiger partial charge in [0.05, 0.1) is 77.3 Å². The van der Waals surface area contributed by atoms with Crippen molar-refractivity contribution in [3.8, 4) is 0 Å². The van der Waals surface area contributed by atoms with Gasteiger partial charge in [-0.05, 0) is 35.4 Å². The first-order valence-corrected chi connectivity index (χ1v) is 14.2. The quantitative estimate of drug-likeness (QED) is 0.299. The molecule has 39 heavy (non-hydrogen) atoms. The summed E-state index contributed by atoms with van der Waals surface area (Å²) in [6.07, 6.45) is 1.38. The van der Waals surface area contributed by atoms with Crippen molar-refractivity contribution in [1.29, 1.82) is 0 Å². The number of ether oxygens (including phenoxy) is 7. The van der Waals surface area contributed by atoms with Crippen LogP contribution in [0.4, 0.5) is 11.4 Å². The van der Waals surface area contributed by atoms with Gasteiger partial charge in [-0.25, -0.2) is 0 Å². The van der Waals surface area contributed by atoms with Crippen LogP contribution in [0.2, 0.25) is 0 Å². The van der Waals surface area contributed by atoms with Crippen LogP contribution in [-0.2, 0) is 44.4 Å². The molecule has 0 saturated carbocycles. The third-order valence-electron chi connectivity index (χ3n) is 8.48. The van der Waals surface area contributed by atoms with Gasteiger partial charge in [0, 0.05) is 37.6 Å². The second kappa shape index (κ2) is 9.69. The molecule has 6 heterocycles. The molecule has 6 unspecified atom stereocenters. The van der Waals surface area contributed by atoms with Crippen LogP contribution in [0.25, 0.3) is 0 Å². The fraction of sp³-hybridized carbons (Fsp3) is 0.600. The monoisotopic (exact) mass is 536 g/mol. The molecular weight excluding hydrogens is 500 g/mol. The van der Waals surface area contributed by atoms with E-state index in [-0.39, 0.29) is 11.2 Å². The first kappa shape index (κ1) is 24.5. The molecule has 0 aliphatic carbocycles. The third kappa shape index (κ3) is 5.81. The lowest BCUT2D eigenvalue weighted by atomic mass is 9.99. The predicted molar refractivity (Wildman–Crippen MR) is 142 cm³/mol. The lowest BCUT2D eigenvalue weighted by Crippen LogP contribution is -2.31. The summed E-state index contributed by atoms with van der Waals surface area (Å²) >= 11 is 0. The molecule has 9 nitrogen and oxygen atoms in total. The standard InChI is InChI=1S/C30H36N2O7/c1-5-23(31(9-25-13-34-25)10-26-14-35-26)6-2-21(1)29(19-38-29)17-33-18-30(20-39-30)22-3-7-24(8-4-22)32(11-27-15-36-27)12-28-16-37-28/h1-8,25-28H,9-20H2. The SMILES string of the molecule is c1cc(C2(COCC3(c4ccc(N(CC5CO5)CC5CO5)cc4)CO3)CO2)ccc1N(CC1CO1)CC1CO1. The van der Waals surface area contributed by atoms with Crippen molar-refractivity contribution >= 4 is 11.4 Å². The minimum absolute atomic E-state index is 0.344. The van der Waals surface area contributed by atoms with Gasteiger partial charge in [-0.1, -0.05) is 24.3 Å². The number of rotatable bonds is 16. The van der Waals surface area contributed by atoms with E-state index < -0.39 is 0 Å². The average Bonchev–Trinajstić information content (AvgIpc) is 3.71. The molecule has 0 amide bonds. The molecular formula is C30H36N2O7. The van der Waals surface area contributed by atoms with Crippen LogP contribution >= 0.6 is 0 Å². The number of epoxide rings is 6. The molecule has 0 bridgehead atoms. The molecule has 2 aromatic rings. The van der Waals surface area contributed by atoms with Crippen LogP contribution in [0.15, 0.2) is 48.5 Å². The van der Waals surface area contributed by atoms with Crippen LogP contribution in [0.1, 0.15) is 11.1 Å². The van der Waals surface area contributed by atoms with Gasteiger partial charge in [-0.3, -0.25) is 0 Å². The topological polar surface area (TPSA) is 90.9 Å². The Hall–Kier alpha value is -2.24. The van der Waals surface area contributed by atoms with E-state index in [0.717, 1.165) is 63.7 Å². The Labute approximate surface area is 228 Å². The Morgan fingerprint density at radius 2 is 0.872 bits per heavy atom. The molecule has 0 spiro atoms. The fourth-order valence-corrected chi connectivity index (χ4v) is 5.42. The zero-order valence-electron chi connectivity index (χ0n) is 22.2. The van der Waals surface area contributed by atoms with Crippen LogP contribution in [-0.4, -0.2) is 103 Å². The van der Waals surface area contributed by atoms with Crippen LogP contribution in [0, 0.1) is 0 Å². The Bertz CT molecular complexity index is 1030. The lowest BCUT2D eigenvalue weighted by molar-refractivity contribution is 0.0403. The maximum absolute atomic E-state index is 6.26. The van der Waals surface area contributed by atoms with Crippen molar-refractivity contribution in [3.05, 3.63) is 59.7 Å². The van der Waals surface area contributed by atoms with Crippen molar-refractivity contribution < 1.29 is 33.2 Å². The Morgan fingerprint density at radius 1 is 0.564 bits per heavy atom. The molecule has 208 valence electrons. The summed E-state index contributed by atoms with van der Waals surface area (Å²) in [5, 5.41) is 0. The fourth-order valence-electron chi connectivity index (χ4n) is 5.42. The van der Waals surface area contributed by atoms with E-state index in [0.29, 0.717) is 50.8 Å². The minimum Gasteiger partial charge on any atom is -0.375 e. The average molecular weight is 537 g/mol. The van der Waals surface area contributed by atoms with Crippen molar-refractivity contribution in [2.75, 3.05) is 88.8 Å². The van der Waals surface area contributed by atoms with E-state index in [1.165, 1.54) is 11.4 Å². The maximum atomic E-state index is 6.26. The van der Waals surface area contributed by atoms with E-state index in [1.54, 1.807) is 0 Å². The molecule has 6 saturated heterocycles. The largest absolute Gasteiger partial charge is 0.375 e. The van der Waals surface area contributed by atoms with Gasteiger partial charge >= 0.3 is 0 Å². The molecule has 6 atom stereocenters. The summed E-state index contributed by atoms with van der Waals surface area (Å²) in [7, 11) is 0. The summed E-state index contributed by atoms with van der Waals surface area (Å²) in [6.45, 7) is 9.45. The summed E-state index contributed by atoms with van der Waals surface area (Å²) in [6, 6.07) is 17.4. The predicted octanol–water partition coefficient (Wildman–Crippen LogP) is 2.06. The van der Waals surface area contributed by atoms with Gasteiger partial charge in [-0.15, -0.1) is 0 Å². The van der Waals surface area contributed by atoms with Crippen LogP contribution < -0.4 is 9.80 Å². The van der Waals surface area contributed by atoms with Gasteiger partial charge < -0.3 is 43.0 Å². The zero-order chi connectivity index (χ0) is 25.9. The van der Waals surface area contributed by atoms with Gasteiger partial charge in [0.1, 0.15) is 11.2 Å². The first-order chi connectivity index (χ1) is 19.2. The Balaban J connectivity index is 0.874. The molecule has 0 N–H and O–H groups in total. The Morgan fingerprint density at radius 3 is 1.13 bits per heavy atom. The number of anilines is 2. The van der Waals surface area contributed by atoms with Crippen molar-refractivity contribution in [3.63, 3.8) is 0 Å². The molecule has 6 fully saturated rings. The first-order valence-electron chi connectivity index (χ1n) is 14.2. The lowest BCUT2D eigenvalue weighted by Gasteiger charge is -2.24. The zero-order valence-corrected chi connectivity index (χ0v) is 22.2. The molecule has 2 aromatic carbocycles. The molecule has 6 aliphatic rings. The third-order valence-corrected chi connectivity index (χ3v) is 8.48. The highest BCUT2D eigenvalue weighted by atomic mass is 16.6. The number of nitrogens with zero attached hydrogens (tertiary/aromatic N) is 2. The van der Waals surface area contributed by atoms with Crippen LogP contribution in [0.3, 0.4) is 0 Å². The van der Waals surface area contributed by atoms with Crippen molar-refractivity contribution in [1.82, 2.24) is 0 Å². The smallest absolute Gasteiger partial charge is 0.140 e. The minimum atomic E-state index is -0.362. The van der Waals surface area contributed by atoms with Gasteiger partial charge in [0.2, 0.25) is 0 Å². The van der Waals surface area contributed by atoms with E-state index in [9.17, 15) is 0 Å². The van der Waals surface area contributed by atoms with Crippen molar-refractivity contribution in [2.24, 2.45) is 0 Å². The van der Waals surface area contributed by atoms with Gasteiger partial charge in [0.25, 0.3) is 0 Å². The number of hydrogen-bond acceptors (Lipinski definition) is 9. The normalized spacial score (nSPS) is 34.9. The highest BCUT2D eigenvalue weighted by Crippen LogP contribution is 2.43. The molecule has 0 radical (unpaired) electrons. The number of hydrogen-bond donors (Lipinski definition) is 0. The van der Waals surface area contributed by atoms with E-state index in [4.69, 9.17) is 33.2 Å². The second-order valence-corrected chi connectivity index (χ2v) is 11.8. The summed E-state index contributed by atoms with van der Waals surface area (Å²) < 4.78 is 40.0. The highest BCUT2D eigenvalue weighted by molar-refractivity contribution is 5.51. The van der Waals surface area contributed by atoms with Gasteiger partial charge in [0.15, 0.2) is 0 Å². The molecule has 0 aromatic heterocycles. The number of benzene rings is 2. The molecule has 6 aliphatic heterocycles. The van der Waals surface area contributed by atoms with E-state index >= 15 is 0 Å². The van der Waals surface area contributed by atoms with Crippen molar-refractivity contribution in [2.45, 2.75) is 35.6 Å².